The summed E-state index contributed by atoms with van der Waals surface area (Å²) in [5.41, 5.74) is 0. The molecular weight excluding hydrogens is 415 g/mol. The maximum atomic E-state index is 6.61. The third-order valence-corrected chi connectivity index (χ3v) is 5.47. The fraction of sp³-hybridized carbons (Fsp3) is 1.00. The highest BCUT2D eigenvalue weighted by atomic mass is 35.5. The van der Waals surface area contributed by atoms with Crippen molar-refractivity contribution in [3.63, 3.8) is 0 Å². The van der Waals surface area contributed by atoms with Crippen LogP contribution in [0, 0.1) is 0 Å². The van der Waals surface area contributed by atoms with E-state index >= 15 is 0 Å². The monoisotopic (exact) mass is 470 g/mol. The third-order valence-electron chi connectivity index (χ3n) is 5.47. The average Bonchev–Trinajstić information content (AvgIpc) is 2.55. The van der Waals surface area contributed by atoms with Gasteiger partial charge in [-0.2, -0.15) is 0 Å². The molecule has 0 heterocycles. The number of quaternary nitrogens is 2. The summed E-state index contributed by atoms with van der Waals surface area (Å²) in [5.74, 6) is 0. The quantitative estimate of drug-likeness (QED) is 0.194. The van der Waals surface area contributed by atoms with Gasteiger partial charge in [0.1, 0.15) is 13.1 Å². The van der Waals surface area contributed by atoms with Crippen molar-refractivity contribution in [2.75, 3.05) is 55.4 Å². The average molecular weight is 472 g/mol. The van der Waals surface area contributed by atoms with E-state index in [0.717, 1.165) is 28.5 Å². The summed E-state index contributed by atoms with van der Waals surface area (Å²) in [4.78, 5) is 0. The Labute approximate surface area is 203 Å². The third kappa shape index (κ3) is 24.7. The van der Waals surface area contributed by atoms with Crippen LogP contribution in [0.15, 0.2) is 0 Å². The lowest BCUT2D eigenvalue weighted by Crippen LogP contribution is -3.00. The van der Waals surface area contributed by atoms with E-state index in [1.165, 1.54) is 77.0 Å². The van der Waals surface area contributed by atoms with Gasteiger partial charge in [0.05, 0.1) is 48.4 Å². The van der Waals surface area contributed by atoms with Crippen molar-refractivity contribution in [3.8, 4) is 0 Å². The van der Waals surface area contributed by atoms with Crippen LogP contribution in [0.3, 0.4) is 0 Å². The molecule has 0 aromatic rings. The van der Waals surface area contributed by atoms with Crippen LogP contribution in [0.2, 0.25) is 0 Å². The van der Waals surface area contributed by atoms with Gasteiger partial charge in [0.2, 0.25) is 0 Å². The van der Waals surface area contributed by atoms with E-state index in [1.807, 2.05) is 0 Å². The Hall–Kier alpha value is 0.460. The first-order chi connectivity index (χ1) is 13.1. The Morgan fingerprint density at radius 1 is 0.533 bits per heavy atom. The molecular formula is C25H56Cl2N2O. The lowest BCUT2D eigenvalue weighted by Gasteiger charge is -2.35. The first-order valence-corrected chi connectivity index (χ1v) is 12.3. The molecule has 0 bridgehead atoms. The highest BCUT2D eigenvalue weighted by molar-refractivity contribution is 4.63. The topological polar surface area (TPSA) is 9.23 Å². The second-order valence-electron chi connectivity index (χ2n) is 11.1. The molecule has 0 aliphatic carbocycles. The van der Waals surface area contributed by atoms with Gasteiger partial charge in [-0.3, -0.25) is 0 Å². The van der Waals surface area contributed by atoms with Crippen LogP contribution in [-0.2, 0) is 4.74 Å². The molecule has 186 valence electrons. The molecule has 0 aliphatic heterocycles. The molecule has 0 rings (SSSR count). The van der Waals surface area contributed by atoms with Crippen LogP contribution in [0.5, 0.6) is 0 Å². The van der Waals surface area contributed by atoms with Crippen LogP contribution < -0.4 is 24.8 Å². The van der Waals surface area contributed by atoms with E-state index in [2.05, 4.69) is 56.1 Å². The number of halogens is 2. The molecule has 0 spiro atoms. The molecule has 0 saturated carbocycles. The second kappa shape index (κ2) is 20.1. The van der Waals surface area contributed by atoms with Crippen molar-refractivity contribution in [1.29, 1.82) is 0 Å². The van der Waals surface area contributed by atoms with Gasteiger partial charge in [-0.15, -0.1) is 0 Å². The minimum atomic E-state index is 0. The summed E-state index contributed by atoms with van der Waals surface area (Å²) in [5, 5.41) is 0. The molecule has 0 aromatic carbocycles. The molecule has 0 aromatic heterocycles. The molecule has 0 saturated heterocycles. The van der Waals surface area contributed by atoms with Gasteiger partial charge in [-0.1, -0.05) is 84.5 Å². The molecule has 1 atom stereocenters. The summed E-state index contributed by atoms with van der Waals surface area (Å²) in [7, 11) is 13.6. The number of hydrogen-bond donors (Lipinski definition) is 0. The number of hydrogen-bond acceptors (Lipinski definition) is 1. The Morgan fingerprint density at radius 3 is 1.23 bits per heavy atom. The molecule has 0 fully saturated rings. The largest absolute Gasteiger partial charge is 1.00 e. The molecule has 0 amide bonds. The highest BCUT2D eigenvalue weighted by Crippen LogP contribution is 2.17. The fourth-order valence-electron chi connectivity index (χ4n) is 4.04. The van der Waals surface area contributed by atoms with Gasteiger partial charge >= 0.3 is 0 Å². The molecule has 1 unspecified atom stereocenters. The zero-order chi connectivity index (χ0) is 21.5. The zero-order valence-electron chi connectivity index (χ0n) is 21.8. The summed E-state index contributed by atoms with van der Waals surface area (Å²) in [6.45, 7) is 6.76. The molecule has 5 heteroatoms. The van der Waals surface area contributed by atoms with Crippen molar-refractivity contribution in [3.05, 3.63) is 0 Å². The SMILES string of the molecule is CCCCCCCCCCCCCC(CC)OC(C[N+](C)(C)C)C[N+](C)(C)C.[Cl-].[Cl-]. The van der Waals surface area contributed by atoms with Crippen molar-refractivity contribution in [1.82, 2.24) is 0 Å². The minimum Gasteiger partial charge on any atom is -1.00 e. The predicted octanol–water partition coefficient (Wildman–Crippen LogP) is 0.272. The summed E-state index contributed by atoms with van der Waals surface area (Å²) in [6, 6.07) is 0. The number of rotatable bonds is 19. The summed E-state index contributed by atoms with van der Waals surface area (Å²) >= 11 is 0. The smallest absolute Gasteiger partial charge is 0.155 e. The van der Waals surface area contributed by atoms with E-state index < -0.39 is 0 Å². The van der Waals surface area contributed by atoms with Crippen molar-refractivity contribution >= 4 is 0 Å². The summed E-state index contributed by atoms with van der Waals surface area (Å²) < 4.78 is 8.56. The van der Waals surface area contributed by atoms with Crippen LogP contribution in [0.1, 0.15) is 97.3 Å². The van der Waals surface area contributed by atoms with Gasteiger partial charge in [0, 0.05) is 0 Å². The number of nitrogens with zero attached hydrogens (tertiary/aromatic N) is 2. The number of unbranched alkanes of at least 4 members (excludes halogenated alkanes) is 10. The van der Waals surface area contributed by atoms with Gasteiger partial charge in [0.25, 0.3) is 0 Å². The van der Waals surface area contributed by atoms with E-state index in [0.29, 0.717) is 12.2 Å². The molecule has 30 heavy (non-hydrogen) atoms. The molecule has 0 radical (unpaired) electrons. The maximum absolute atomic E-state index is 6.61. The Morgan fingerprint density at radius 2 is 0.900 bits per heavy atom. The highest BCUT2D eigenvalue weighted by Gasteiger charge is 2.27. The Bertz CT molecular complexity index is 338. The molecule has 3 nitrogen and oxygen atoms in total. The first-order valence-electron chi connectivity index (χ1n) is 12.3. The lowest BCUT2D eigenvalue weighted by molar-refractivity contribution is -0.896. The molecule has 0 N–H and O–H groups in total. The number of likely N-dealkylation sites (N-methyl/N-ethyl adjacent to an activating group) is 2. The van der Waals surface area contributed by atoms with Gasteiger partial charge in [-0.25, -0.2) is 0 Å². The first kappa shape index (κ1) is 35.1. The standard InChI is InChI=1S/C25H56N2O.2ClH/c1-9-11-12-13-14-15-16-17-18-19-20-21-24(10-2)28-25(22-26(3,4)5)23-27(6,7)8;;/h24-25H,9-23H2,1-8H3;2*1H/q+2;;/p-2. The summed E-state index contributed by atoms with van der Waals surface area (Å²) in [6.07, 6.45) is 18.7. The minimum absolute atomic E-state index is 0. The zero-order valence-corrected chi connectivity index (χ0v) is 23.3. The van der Waals surface area contributed by atoms with Gasteiger partial charge < -0.3 is 38.5 Å². The fourth-order valence-corrected chi connectivity index (χ4v) is 4.04. The van der Waals surface area contributed by atoms with E-state index in [4.69, 9.17) is 4.74 Å². The van der Waals surface area contributed by atoms with E-state index in [9.17, 15) is 0 Å². The van der Waals surface area contributed by atoms with Crippen LogP contribution >= 0.6 is 0 Å². The Kier molecular flexibility index (Phi) is 23.5. The van der Waals surface area contributed by atoms with Gasteiger partial charge in [-0.05, 0) is 12.8 Å². The van der Waals surface area contributed by atoms with Crippen molar-refractivity contribution in [2.24, 2.45) is 0 Å². The van der Waals surface area contributed by atoms with Crippen LogP contribution in [-0.4, -0.2) is 76.5 Å². The maximum Gasteiger partial charge on any atom is 0.155 e. The normalized spacial score (nSPS) is 13.1. The van der Waals surface area contributed by atoms with Gasteiger partial charge in [0.15, 0.2) is 6.10 Å². The van der Waals surface area contributed by atoms with Crippen molar-refractivity contribution in [2.45, 2.75) is 110 Å². The second-order valence-corrected chi connectivity index (χ2v) is 11.1. The van der Waals surface area contributed by atoms with Crippen LogP contribution in [0.25, 0.3) is 0 Å². The lowest BCUT2D eigenvalue weighted by atomic mass is 10.0. The predicted molar refractivity (Wildman–Crippen MR) is 126 cm³/mol. The van der Waals surface area contributed by atoms with Crippen molar-refractivity contribution < 1.29 is 38.5 Å². The molecule has 0 aliphatic rings. The van der Waals surface area contributed by atoms with Crippen LogP contribution in [0.4, 0.5) is 0 Å². The number of ether oxygens (including phenoxy) is 1. The Balaban J connectivity index is -0.00000364. The van der Waals surface area contributed by atoms with E-state index in [1.54, 1.807) is 0 Å². The van der Waals surface area contributed by atoms with E-state index in [-0.39, 0.29) is 24.8 Å².